The summed E-state index contributed by atoms with van der Waals surface area (Å²) in [5, 5.41) is 19.1. The van der Waals surface area contributed by atoms with E-state index in [1.807, 2.05) is 19.1 Å². The lowest BCUT2D eigenvalue weighted by molar-refractivity contribution is -0.134. The number of anilines is 2. The first kappa shape index (κ1) is 25.6. The van der Waals surface area contributed by atoms with E-state index in [-0.39, 0.29) is 35.0 Å². The molecule has 2 aliphatic carbocycles. The highest BCUT2D eigenvalue weighted by Gasteiger charge is 2.53. The highest BCUT2D eigenvalue weighted by molar-refractivity contribution is 7.15. The topological polar surface area (TPSA) is 99.6 Å². The molecule has 36 heavy (non-hydrogen) atoms. The second-order valence-electron chi connectivity index (χ2n) is 11.1. The third kappa shape index (κ3) is 5.16. The fraction of sp³-hybridized carbons (Fsp3) is 0.667. The van der Waals surface area contributed by atoms with Gasteiger partial charge in [-0.1, -0.05) is 20.8 Å². The summed E-state index contributed by atoms with van der Waals surface area (Å²) in [5.41, 5.74) is 2.03. The zero-order chi connectivity index (χ0) is 25.3. The Labute approximate surface area is 217 Å². The Balaban J connectivity index is 1.24. The van der Waals surface area contributed by atoms with E-state index in [0.717, 1.165) is 68.6 Å². The Hall–Kier alpha value is -2.07. The third-order valence-corrected chi connectivity index (χ3v) is 9.71. The summed E-state index contributed by atoms with van der Waals surface area (Å²) in [7, 11) is 0. The Bertz CT molecular complexity index is 1040. The normalized spacial score (nSPS) is 31.2. The molecule has 9 heteroatoms. The van der Waals surface area contributed by atoms with Crippen LogP contribution in [0.15, 0.2) is 24.5 Å². The second-order valence-corrected chi connectivity index (χ2v) is 12.1. The van der Waals surface area contributed by atoms with Gasteiger partial charge in [0.1, 0.15) is 0 Å². The summed E-state index contributed by atoms with van der Waals surface area (Å²) in [6, 6.07) is 3.89. The summed E-state index contributed by atoms with van der Waals surface area (Å²) < 4.78 is 5.40. The fourth-order valence-corrected chi connectivity index (χ4v) is 7.96. The first-order valence-corrected chi connectivity index (χ1v) is 14.1. The molecule has 3 heterocycles. The van der Waals surface area contributed by atoms with Crippen LogP contribution in [0.2, 0.25) is 0 Å². The summed E-state index contributed by atoms with van der Waals surface area (Å²) in [4.78, 5) is 25.8. The zero-order valence-electron chi connectivity index (χ0n) is 21.6. The van der Waals surface area contributed by atoms with Gasteiger partial charge in [0.25, 0.3) is 0 Å². The lowest BCUT2D eigenvalue weighted by atomic mass is 9.53. The summed E-state index contributed by atoms with van der Waals surface area (Å²) >= 11 is 1.71. The molecule has 196 valence electrons. The maximum Gasteiger partial charge on any atom is 0.223 e. The van der Waals surface area contributed by atoms with Crippen LogP contribution in [0.3, 0.4) is 0 Å². The largest absolute Gasteiger partial charge is 0.392 e. The summed E-state index contributed by atoms with van der Waals surface area (Å²) in [5.74, 6) is 0.00867. The van der Waals surface area contributed by atoms with Gasteiger partial charge in [-0.2, -0.15) is 0 Å². The number of aliphatic hydroxyl groups is 1. The highest BCUT2D eigenvalue weighted by atomic mass is 32.1. The van der Waals surface area contributed by atoms with E-state index in [1.54, 1.807) is 23.7 Å². The van der Waals surface area contributed by atoms with E-state index < -0.39 is 6.10 Å². The number of carbonyl (C=O) groups is 1. The SMILES string of the molecule is CC(C(=O)NCCN1CCOCC1)C1CCC2(C)Cc3sc(Nc4cccnc4)nc3C(C)C2C1O. The van der Waals surface area contributed by atoms with E-state index >= 15 is 0 Å². The van der Waals surface area contributed by atoms with Crippen LogP contribution in [0.1, 0.15) is 50.1 Å². The standard InChI is InChI=1S/C27H39N5O3S/c1-17(25(34)29-9-10-32-11-13-35-14-12-32)20-6-7-27(3)15-21-23(18(2)22(27)24(20)33)31-26(36-21)30-19-5-4-8-28-16-19/h4-5,8,16-18,20,22,24,33H,6-7,9-15H2,1-3H3,(H,29,34)(H,30,31). The van der Waals surface area contributed by atoms with Crippen molar-refractivity contribution in [3.63, 3.8) is 0 Å². The number of morpholine rings is 1. The minimum absolute atomic E-state index is 0.00691. The number of ether oxygens (including phenoxy) is 1. The fourth-order valence-electron chi connectivity index (χ4n) is 6.68. The van der Waals surface area contributed by atoms with Crippen molar-refractivity contribution in [2.45, 2.75) is 52.1 Å². The van der Waals surface area contributed by atoms with Gasteiger partial charge in [0.15, 0.2) is 5.13 Å². The maximum absolute atomic E-state index is 13.0. The smallest absolute Gasteiger partial charge is 0.223 e. The molecule has 1 saturated heterocycles. The number of carbonyl (C=O) groups excluding carboxylic acids is 1. The monoisotopic (exact) mass is 513 g/mol. The van der Waals surface area contributed by atoms with E-state index in [9.17, 15) is 9.90 Å². The van der Waals surface area contributed by atoms with Gasteiger partial charge in [-0.3, -0.25) is 14.7 Å². The van der Waals surface area contributed by atoms with Gasteiger partial charge in [0.05, 0.1) is 36.9 Å². The Morgan fingerprint density at radius 3 is 2.94 bits per heavy atom. The average Bonchev–Trinajstić information content (AvgIpc) is 3.26. The van der Waals surface area contributed by atoms with Crippen molar-refractivity contribution in [1.29, 1.82) is 0 Å². The molecule has 2 aromatic heterocycles. The van der Waals surface area contributed by atoms with Gasteiger partial charge in [0.2, 0.25) is 5.91 Å². The van der Waals surface area contributed by atoms with Crippen molar-refractivity contribution < 1.29 is 14.6 Å². The van der Waals surface area contributed by atoms with E-state index in [0.29, 0.717) is 6.54 Å². The van der Waals surface area contributed by atoms with Gasteiger partial charge < -0.3 is 20.5 Å². The molecule has 6 atom stereocenters. The maximum atomic E-state index is 13.0. The minimum atomic E-state index is -0.525. The first-order chi connectivity index (χ1) is 17.4. The number of fused-ring (bicyclic) bond motifs is 2. The molecule has 1 aliphatic heterocycles. The van der Waals surface area contributed by atoms with Crippen molar-refractivity contribution in [1.82, 2.24) is 20.2 Å². The Morgan fingerprint density at radius 1 is 1.39 bits per heavy atom. The molecule has 0 bridgehead atoms. The van der Waals surface area contributed by atoms with Gasteiger partial charge in [-0.05, 0) is 48.6 Å². The number of thiazole rings is 1. The number of hydrogen-bond donors (Lipinski definition) is 3. The molecule has 0 radical (unpaired) electrons. The van der Waals surface area contributed by atoms with Crippen LogP contribution in [-0.2, 0) is 16.0 Å². The number of aromatic nitrogens is 2. The predicted molar refractivity (Wildman–Crippen MR) is 142 cm³/mol. The number of nitrogens with zero attached hydrogens (tertiary/aromatic N) is 3. The van der Waals surface area contributed by atoms with Crippen LogP contribution in [0.4, 0.5) is 10.8 Å². The molecule has 2 aromatic rings. The van der Waals surface area contributed by atoms with Crippen molar-refractivity contribution in [2.75, 3.05) is 44.7 Å². The van der Waals surface area contributed by atoms with E-state index in [4.69, 9.17) is 9.72 Å². The molecule has 0 spiro atoms. The molecule has 8 nitrogen and oxygen atoms in total. The number of aliphatic hydroxyl groups excluding tert-OH is 1. The molecule has 2 fully saturated rings. The molecule has 0 aromatic carbocycles. The highest BCUT2D eigenvalue weighted by Crippen LogP contribution is 2.57. The lowest BCUT2D eigenvalue weighted by Gasteiger charge is -2.53. The van der Waals surface area contributed by atoms with Gasteiger partial charge >= 0.3 is 0 Å². The van der Waals surface area contributed by atoms with Crippen LogP contribution < -0.4 is 10.6 Å². The average molecular weight is 514 g/mol. The van der Waals surface area contributed by atoms with Crippen LogP contribution in [-0.4, -0.2) is 71.4 Å². The van der Waals surface area contributed by atoms with Gasteiger partial charge in [-0.25, -0.2) is 4.98 Å². The molecule has 1 saturated carbocycles. The lowest BCUT2D eigenvalue weighted by Crippen LogP contribution is -2.53. The molecular weight excluding hydrogens is 474 g/mol. The van der Waals surface area contributed by atoms with Crippen LogP contribution in [0, 0.1) is 23.2 Å². The summed E-state index contributed by atoms with van der Waals surface area (Å²) in [6.07, 6.45) is 5.84. The molecule has 1 amide bonds. The molecule has 3 aliphatic rings. The number of rotatable bonds is 7. The Morgan fingerprint density at radius 2 is 2.19 bits per heavy atom. The quantitative estimate of drug-likeness (QED) is 0.522. The van der Waals surface area contributed by atoms with Gasteiger partial charge in [0, 0.05) is 49.1 Å². The minimum Gasteiger partial charge on any atom is -0.392 e. The second kappa shape index (κ2) is 10.7. The van der Waals surface area contributed by atoms with Crippen LogP contribution in [0.25, 0.3) is 0 Å². The predicted octanol–water partition coefficient (Wildman–Crippen LogP) is 3.42. The third-order valence-electron chi connectivity index (χ3n) is 8.72. The number of pyridine rings is 1. The molecule has 3 N–H and O–H groups in total. The molecule has 6 unspecified atom stereocenters. The van der Waals surface area contributed by atoms with Crippen molar-refractivity contribution >= 4 is 28.1 Å². The number of nitrogens with one attached hydrogen (secondary N) is 2. The Kier molecular flexibility index (Phi) is 7.62. The molecule has 5 rings (SSSR count). The first-order valence-electron chi connectivity index (χ1n) is 13.3. The number of amides is 1. The van der Waals surface area contributed by atoms with Crippen LogP contribution in [0.5, 0.6) is 0 Å². The van der Waals surface area contributed by atoms with Crippen molar-refractivity contribution in [3.8, 4) is 0 Å². The van der Waals surface area contributed by atoms with Crippen LogP contribution >= 0.6 is 11.3 Å². The number of hydrogen-bond acceptors (Lipinski definition) is 8. The van der Waals surface area contributed by atoms with Gasteiger partial charge in [-0.15, -0.1) is 11.3 Å². The summed E-state index contributed by atoms with van der Waals surface area (Å²) in [6.45, 7) is 11.3. The van der Waals surface area contributed by atoms with Crippen molar-refractivity contribution in [3.05, 3.63) is 35.1 Å². The molecular formula is C27H39N5O3S. The van der Waals surface area contributed by atoms with E-state index in [2.05, 4.69) is 34.4 Å². The zero-order valence-corrected chi connectivity index (χ0v) is 22.4. The van der Waals surface area contributed by atoms with E-state index in [1.165, 1.54) is 4.88 Å². The van der Waals surface area contributed by atoms with Crippen molar-refractivity contribution in [2.24, 2.45) is 23.2 Å².